The van der Waals surface area contributed by atoms with Crippen LogP contribution >= 0.6 is 0 Å². The van der Waals surface area contributed by atoms with Gasteiger partial charge < -0.3 is 4.74 Å². The molecule has 0 aromatic heterocycles. The zero-order chi connectivity index (χ0) is 22.3. The van der Waals surface area contributed by atoms with Crippen LogP contribution in [0.15, 0.2) is 55.1 Å². The van der Waals surface area contributed by atoms with Crippen LogP contribution in [-0.4, -0.2) is 11.6 Å². The molecule has 0 bridgehead atoms. The summed E-state index contributed by atoms with van der Waals surface area (Å²) < 4.78 is 6.00. The lowest BCUT2D eigenvalue weighted by Crippen LogP contribution is -2.25. The average Bonchev–Trinajstić information content (AvgIpc) is 2.77. The van der Waals surface area contributed by atoms with Crippen molar-refractivity contribution in [3.05, 3.63) is 111 Å². The molecule has 3 aromatic rings. The highest BCUT2D eigenvalue weighted by atomic mass is 16.5. The summed E-state index contributed by atoms with van der Waals surface area (Å²) in [6.07, 6.45) is 0.574. The Bertz CT molecular complexity index is 1250. The summed E-state index contributed by atoms with van der Waals surface area (Å²) in [7, 11) is 0. The summed E-state index contributed by atoms with van der Waals surface area (Å²) in [5, 5.41) is 0. The van der Waals surface area contributed by atoms with E-state index in [0.29, 0.717) is 41.0 Å². The van der Waals surface area contributed by atoms with Gasteiger partial charge in [-0.2, -0.15) is 0 Å². The summed E-state index contributed by atoms with van der Waals surface area (Å²) >= 11 is 0. The van der Waals surface area contributed by atoms with Gasteiger partial charge in [-0.3, -0.25) is 9.59 Å². The SMILES string of the molecule is C=C1OCc2cccc(C)c2Cc2c1c(C)cc1c2C(=O)c2ccccc2C1=O.CC. The Hall–Kier alpha value is -3.46. The Morgan fingerprint density at radius 1 is 0.774 bits per heavy atom. The van der Waals surface area contributed by atoms with Gasteiger partial charge in [0.05, 0.1) is 0 Å². The minimum atomic E-state index is -0.102. The largest absolute Gasteiger partial charge is 0.489 e. The van der Waals surface area contributed by atoms with Crippen LogP contribution in [0.4, 0.5) is 0 Å². The molecular formula is C28H26O3. The molecule has 1 aliphatic carbocycles. The number of hydrogen-bond donors (Lipinski definition) is 0. The van der Waals surface area contributed by atoms with Gasteiger partial charge in [0.2, 0.25) is 0 Å². The smallest absolute Gasteiger partial charge is 0.194 e. The van der Waals surface area contributed by atoms with E-state index in [4.69, 9.17) is 4.74 Å². The molecule has 0 saturated carbocycles. The lowest BCUT2D eigenvalue weighted by atomic mass is 9.76. The summed E-state index contributed by atoms with van der Waals surface area (Å²) in [4.78, 5) is 26.7. The first-order chi connectivity index (χ1) is 15.0. The van der Waals surface area contributed by atoms with Gasteiger partial charge in [0, 0.05) is 27.8 Å². The van der Waals surface area contributed by atoms with Crippen LogP contribution in [0.3, 0.4) is 0 Å². The molecular weight excluding hydrogens is 384 g/mol. The molecule has 3 nitrogen and oxygen atoms in total. The van der Waals surface area contributed by atoms with E-state index in [1.165, 1.54) is 0 Å². The summed E-state index contributed by atoms with van der Waals surface area (Å²) in [6, 6.07) is 15.0. The maximum atomic E-state index is 13.5. The lowest BCUT2D eigenvalue weighted by molar-refractivity contribution is 0.0978. The summed E-state index contributed by atoms with van der Waals surface area (Å²) in [6.45, 7) is 12.6. The highest BCUT2D eigenvalue weighted by Crippen LogP contribution is 2.39. The normalized spacial score (nSPS) is 14.0. The molecule has 1 aliphatic heterocycles. The van der Waals surface area contributed by atoms with Gasteiger partial charge in [-0.1, -0.05) is 62.9 Å². The quantitative estimate of drug-likeness (QED) is 0.347. The first-order valence-electron chi connectivity index (χ1n) is 10.7. The molecule has 0 N–H and O–H groups in total. The van der Waals surface area contributed by atoms with E-state index in [1.54, 1.807) is 24.3 Å². The second-order valence-corrected chi connectivity index (χ2v) is 7.77. The fourth-order valence-corrected chi connectivity index (χ4v) is 4.61. The van der Waals surface area contributed by atoms with Gasteiger partial charge in [0.25, 0.3) is 0 Å². The molecule has 0 saturated heterocycles. The number of aryl methyl sites for hydroxylation is 2. The highest BCUT2D eigenvalue weighted by Gasteiger charge is 2.34. The topological polar surface area (TPSA) is 43.4 Å². The van der Waals surface area contributed by atoms with E-state index in [1.807, 2.05) is 39.0 Å². The monoisotopic (exact) mass is 410 g/mol. The first-order valence-corrected chi connectivity index (χ1v) is 10.7. The number of benzene rings is 3. The molecule has 0 atom stereocenters. The number of carbonyl (C=O) groups excluding carboxylic acids is 2. The van der Waals surface area contributed by atoms with Gasteiger partial charge in [-0.05, 0) is 54.2 Å². The number of fused-ring (bicyclic) bond motifs is 5. The van der Waals surface area contributed by atoms with Gasteiger partial charge in [-0.15, -0.1) is 0 Å². The molecule has 0 radical (unpaired) electrons. The lowest BCUT2D eigenvalue weighted by Gasteiger charge is -2.28. The molecule has 3 aromatic carbocycles. The molecule has 31 heavy (non-hydrogen) atoms. The second-order valence-electron chi connectivity index (χ2n) is 7.77. The number of hydrogen-bond acceptors (Lipinski definition) is 3. The van der Waals surface area contributed by atoms with Crippen molar-refractivity contribution in [1.82, 2.24) is 0 Å². The third kappa shape index (κ3) is 3.21. The molecule has 1 heterocycles. The predicted octanol–water partition coefficient (Wildman–Crippen LogP) is 6.20. The van der Waals surface area contributed by atoms with E-state index in [2.05, 4.69) is 19.6 Å². The van der Waals surface area contributed by atoms with E-state index in [0.717, 1.165) is 33.4 Å². The maximum absolute atomic E-state index is 13.5. The molecule has 3 heteroatoms. The number of ketones is 2. The summed E-state index contributed by atoms with van der Waals surface area (Å²) in [5.74, 6) is 0.348. The molecule has 0 unspecified atom stereocenters. The zero-order valence-electron chi connectivity index (χ0n) is 18.5. The van der Waals surface area contributed by atoms with Crippen LogP contribution in [0, 0.1) is 13.8 Å². The van der Waals surface area contributed by atoms with Crippen LogP contribution in [-0.2, 0) is 17.8 Å². The molecule has 0 amide bonds. The van der Waals surface area contributed by atoms with Gasteiger partial charge >= 0.3 is 0 Å². The van der Waals surface area contributed by atoms with Gasteiger partial charge in [0.15, 0.2) is 11.6 Å². The summed E-state index contributed by atoms with van der Waals surface area (Å²) in [5.41, 5.74) is 7.89. The minimum Gasteiger partial charge on any atom is -0.489 e. The standard InChI is InChI=1S/C26H20O3.C2H6/c1-14-7-6-8-17-13-29-16(3)23-15(2)11-22-24(21(23)12-20(14)17)26(28)19-10-5-4-9-18(19)25(22)27;1-2/h4-11H,3,12-13H2,1-2H3;1-2H3. The fourth-order valence-electron chi connectivity index (χ4n) is 4.61. The van der Waals surface area contributed by atoms with Crippen LogP contribution in [0.1, 0.15) is 79.1 Å². The van der Waals surface area contributed by atoms with Gasteiger partial charge in [-0.25, -0.2) is 0 Å². The maximum Gasteiger partial charge on any atom is 0.194 e. The van der Waals surface area contributed by atoms with Crippen LogP contribution < -0.4 is 0 Å². The van der Waals surface area contributed by atoms with E-state index in [-0.39, 0.29) is 11.6 Å². The van der Waals surface area contributed by atoms with Crippen LogP contribution in [0.2, 0.25) is 0 Å². The van der Waals surface area contributed by atoms with E-state index in [9.17, 15) is 9.59 Å². The second kappa shape index (κ2) is 7.99. The van der Waals surface area contributed by atoms with Crippen molar-refractivity contribution in [2.24, 2.45) is 0 Å². The van der Waals surface area contributed by atoms with E-state index >= 15 is 0 Å². The highest BCUT2D eigenvalue weighted by molar-refractivity contribution is 6.29. The van der Waals surface area contributed by atoms with Crippen molar-refractivity contribution in [2.45, 2.75) is 40.7 Å². The Morgan fingerprint density at radius 2 is 1.45 bits per heavy atom. The van der Waals surface area contributed by atoms with Crippen molar-refractivity contribution in [3.8, 4) is 0 Å². The van der Waals surface area contributed by atoms with Crippen molar-refractivity contribution >= 4 is 17.3 Å². The predicted molar refractivity (Wildman–Crippen MR) is 124 cm³/mol. The Balaban J connectivity index is 0.00000112. The number of ether oxygens (including phenoxy) is 1. The number of rotatable bonds is 0. The minimum absolute atomic E-state index is 0.0975. The van der Waals surface area contributed by atoms with Crippen molar-refractivity contribution in [3.63, 3.8) is 0 Å². The van der Waals surface area contributed by atoms with Crippen molar-refractivity contribution < 1.29 is 14.3 Å². The number of carbonyl (C=O) groups is 2. The Labute approximate surface area is 183 Å². The van der Waals surface area contributed by atoms with Crippen molar-refractivity contribution in [1.29, 1.82) is 0 Å². The fraction of sp³-hybridized carbons (Fsp3) is 0.214. The molecule has 0 fully saturated rings. The average molecular weight is 411 g/mol. The van der Waals surface area contributed by atoms with Gasteiger partial charge in [0.1, 0.15) is 12.4 Å². The first kappa shape index (κ1) is 20.8. The third-order valence-electron chi connectivity index (χ3n) is 6.06. The zero-order valence-corrected chi connectivity index (χ0v) is 18.5. The van der Waals surface area contributed by atoms with Crippen molar-refractivity contribution in [2.75, 3.05) is 0 Å². The molecule has 0 spiro atoms. The molecule has 2 aliphatic rings. The third-order valence-corrected chi connectivity index (χ3v) is 6.06. The van der Waals surface area contributed by atoms with Crippen LogP contribution in [0.5, 0.6) is 0 Å². The Kier molecular flexibility index (Phi) is 5.36. The molecule has 5 rings (SSSR count). The van der Waals surface area contributed by atoms with Crippen LogP contribution in [0.25, 0.3) is 5.76 Å². The Morgan fingerprint density at radius 3 is 2.16 bits per heavy atom. The molecule has 156 valence electrons. The van der Waals surface area contributed by atoms with E-state index < -0.39 is 0 Å².